The summed E-state index contributed by atoms with van der Waals surface area (Å²) in [5.41, 5.74) is 2.60. The van der Waals surface area contributed by atoms with Crippen molar-refractivity contribution >= 4 is 6.08 Å². The zero-order valence-electron chi connectivity index (χ0n) is 8.46. The largest absolute Gasteiger partial charge is 0.0871 e. The molecular weight excluding hydrogens is 144 g/mol. The fourth-order valence-electron chi connectivity index (χ4n) is 0.966. The smallest absolute Gasteiger partial charge is 0.0257 e. The van der Waals surface area contributed by atoms with E-state index in [1.54, 1.807) is 0 Å². The van der Waals surface area contributed by atoms with E-state index in [1.165, 1.54) is 11.1 Å². The zero-order valence-corrected chi connectivity index (χ0v) is 8.46. The van der Waals surface area contributed by atoms with Crippen LogP contribution in [0.1, 0.15) is 31.9 Å². The van der Waals surface area contributed by atoms with Crippen molar-refractivity contribution in [3.05, 3.63) is 41.5 Å². The van der Waals surface area contributed by atoms with Gasteiger partial charge in [-0.05, 0) is 19.4 Å². The molecule has 0 aromatic heterocycles. The summed E-state index contributed by atoms with van der Waals surface area (Å²) in [5, 5.41) is 0. The summed E-state index contributed by atoms with van der Waals surface area (Å²) in [6.07, 6.45) is 4.15. The third kappa shape index (κ3) is 3.97. The highest BCUT2D eigenvalue weighted by molar-refractivity contribution is 5.49. The SMILES string of the molecule is C/C=C\c1cccc(C)c1.CC. The average molecular weight is 162 g/mol. The molecule has 12 heavy (non-hydrogen) atoms. The second-order valence-electron chi connectivity index (χ2n) is 2.41. The van der Waals surface area contributed by atoms with Crippen molar-refractivity contribution in [1.29, 1.82) is 0 Å². The molecule has 0 bridgehead atoms. The second-order valence-corrected chi connectivity index (χ2v) is 2.41. The summed E-state index contributed by atoms with van der Waals surface area (Å²) in [4.78, 5) is 0. The van der Waals surface area contributed by atoms with Gasteiger partial charge in [-0.2, -0.15) is 0 Å². The lowest BCUT2D eigenvalue weighted by Crippen LogP contribution is -1.72. The Balaban J connectivity index is 0.000000561. The summed E-state index contributed by atoms with van der Waals surface area (Å²) in [5.74, 6) is 0. The number of benzene rings is 1. The molecule has 0 spiro atoms. The predicted molar refractivity (Wildman–Crippen MR) is 57.2 cm³/mol. The average Bonchev–Trinajstić information content (AvgIpc) is 2.09. The Morgan fingerprint density at radius 2 is 1.83 bits per heavy atom. The highest BCUT2D eigenvalue weighted by Gasteiger charge is 1.84. The Labute approximate surface area is 75.9 Å². The Bertz CT molecular complexity index is 234. The molecule has 0 aliphatic carbocycles. The van der Waals surface area contributed by atoms with Gasteiger partial charge < -0.3 is 0 Å². The molecule has 0 fully saturated rings. The summed E-state index contributed by atoms with van der Waals surface area (Å²) in [6, 6.07) is 8.45. The molecule has 0 saturated heterocycles. The van der Waals surface area contributed by atoms with Gasteiger partial charge in [0.25, 0.3) is 0 Å². The van der Waals surface area contributed by atoms with Gasteiger partial charge in [0.05, 0.1) is 0 Å². The van der Waals surface area contributed by atoms with Gasteiger partial charge >= 0.3 is 0 Å². The van der Waals surface area contributed by atoms with Gasteiger partial charge in [-0.3, -0.25) is 0 Å². The van der Waals surface area contributed by atoms with Crippen LogP contribution in [-0.4, -0.2) is 0 Å². The van der Waals surface area contributed by atoms with Gasteiger partial charge in [0.1, 0.15) is 0 Å². The van der Waals surface area contributed by atoms with Crippen molar-refractivity contribution in [3.63, 3.8) is 0 Å². The summed E-state index contributed by atoms with van der Waals surface area (Å²) in [6.45, 7) is 8.13. The predicted octanol–water partition coefficient (Wildman–Crippen LogP) is 4.05. The molecule has 1 aromatic rings. The third-order valence-corrected chi connectivity index (χ3v) is 1.40. The molecule has 0 saturated carbocycles. The standard InChI is InChI=1S/C10H12.C2H6/c1-3-5-10-7-4-6-9(2)8-10;1-2/h3-8H,1-2H3;1-2H3/b5-3-;. The van der Waals surface area contributed by atoms with E-state index < -0.39 is 0 Å². The fraction of sp³-hybridized carbons (Fsp3) is 0.333. The first-order valence-electron chi connectivity index (χ1n) is 4.52. The summed E-state index contributed by atoms with van der Waals surface area (Å²) < 4.78 is 0. The van der Waals surface area contributed by atoms with Crippen molar-refractivity contribution in [2.24, 2.45) is 0 Å². The first-order valence-corrected chi connectivity index (χ1v) is 4.52. The van der Waals surface area contributed by atoms with Crippen LogP contribution in [0.25, 0.3) is 6.08 Å². The van der Waals surface area contributed by atoms with Crippen molar-refractivity contribution in [2.75, 3.05) is 0 Å². The molecule has 0 N–H and O–H groups in total. The maximum absolute atomic E-state index is 2.17. The molecule has 66 valence electrons. The minimum atomic E-state index is 1.28. The van der Waals surface area contributed by atoms with Gasteiger partial charge in [-0.25, -0.2) is 0 Å². The minimum absolute atomic E-state index is 1.28. The molecule has 0 aliphatic heterocycles. The number of aryl methyl sites for hydroxylation is 1. The van der Waals surface area contributed by atoms with Crippen LogP contribution < -0.4 is 0 Å². The van der Waals surface area contributed by atoms with Crippen molar-refractivity contribution < 1.29 is 0 Å². The van der Waals surface area contributed by atoms with Gasteiger partial charge in [-0.1, -0.05) is 55.8 Å². The maximum atomic E-state index is 2.17. The van der Waals surface area contributed by atoms with Crippen LogP contribution in [0, 0.1) is 6.92 Å². The third-order valence-electron chi connectivity index (χ3n) is 1.40. The lowest BCUT2D eigenvalue weighted by Gasteiger charge is -1.93. The topological polar surface area (TPSA) is 0 Å². The lowest BCUT2D eigenvalue weighted by atomic mass is 10.1. The van der Waals surface area contributed by atoms with Crippen LogP contribution in [0.15, 0.2) is 30.3 Å². The first kappa shape index (κ1) is 11.0. The van der Waals surface area contributed by atoms with E-state index in [9.17, 15) is 0 Å². The second kappa shape index (κ2) is 6.66. The summed E-state index contributed by atoms with van der Waals surface area (Å²) in [7, 11) is 0. The van der Waals surface area contributed by atoms with Gasteiger partial charge in [0.15, 0.2) is 0 Å². The molecule has 1 rings (SSSR count). The molecule has 0 atom stereocenters. The molecule has 0 heteroatoms. The Morgan fingerprint density at radius 1 is 1.17 bits per heavy atom. The van der Waals surface area contributed by atoms with E-state index in [-0.39, 0.29) is 0 Å². The molecule has 0 radical (unpaired) electrons. The number of hydrogen-bond donors (Lipinski definition) is 0. The molecule has 0 aliphatic rings. The molecule has 0 heterocycles. The highest BCUT2D eigenvalue weighted by Crippen LogP contribution is 2.04. The van der Waals surface area contributed by atoms with E-state index in [1.807, 2.05) is 20.8 Å². The number of rotatable bonds is 1. The van der Waals surface area contributed by atoms with Crippen LogP contribution >= 0.6 is 0 Å². The van der Waals surface area contributed by atoms with Crippen molar-refractivity contribution in [2.45, 2.75) is 27.7 Å². The minimum Gasteiger partial charge on any atom is -0.0871 e. The van der Waals surface area contributed by atoms with E-state index >= 15 is 0 Å². The van der Waals surface area contributed by atoms with Crippen LogP contribution in [0.3, 0.4) is 0 Å². The Hall–Kier alpha value is -1.04. The van der Waals surface area contributed by atoms with Gasteiger partial charge in [0, 0.05) is 0 Å². The lowest BCUT2D eigenvalue weighted by molar-refractivity contribution is 1.46. The number of hydrogen-bond acceptors (Lipinski definition) is 0. The monoisotopic (exact) mass is 162 g/mol. The Kier molecular flexibility index (Phi) is 6.08. The molecule has 0 amide bonds. The summed E-state index contributed by atoms with van der Waals surface area (Å²) >= 11 is 0. The molecule has 0 nitrogen and oxygen atoms in total. The molecule has 1 aromatic carbocycles. The fourth-order valence-corrected chi connectivity index (χ4v) is 0.966. The van der Waals surface area contributed by atoms with Gasteiger partial charge in [0.2, 0.25) is 0 Å². The van der Waals surface area contributed by atoms with Crippen molar-refractivity contribution in [1.82, 2.24) is 0 Å². The van der Waals surface area contributed by atoms with E-state index in [0.29, 0.717) is 0 Å². The van der Waals surface area contributed by atoms with E-state index in [2.05, 4.69) is 43.3 Å². The zero-order chi connectivity index (χ0) is 9.40. The van der Waals surface area contributed by atoms with Crippen LogP contribution in [-0.2, 0) is 0 Å². The normalized spacial score (nSPS) is 9.33. The van der Waals surface area contributed by atoms with Crippen LogP contribution in [0.2, 0.25) is 0 Å². The van der Waals surface area contributed by atoms with Crippen LogP contribution in [0.5, 0.6) is 0 Å². The van der Waals surface area contributed by atoms with E-state index in [0.717, 1.165) is 0 Å². The van der Waals surface area contributed by atoms with Crippen molar-refractivity contribution in [3.8, 4) is 0 Å². The van der Waals surface area contributed by atoms with E-state index in [4.69, 9.17) is 0 Å². The number of allylic oxidation sites excluding steroid dienone is 1. The molecular formula is C12H18. The molecule has 0 unspecified atom stereocenters. The Morgan fingerprint density at radius 3 is 2.33 bits per heavy atom. The van der Waals surface area contributed by atoms with Crippen LogP contribution in [0.4, 0.5) is 0 Å². The highest BCUT2D eigenvalue weighted by atomic mass is 13.9. The maximum Gasteiger partial charge on any atom is -0.0257 e. The quantitative estimate of drug-likeness (QED) is 0.584. The van der Waals surface area contributed by atoms with Gasteiger partial charge in [-0.15, -0.1) is 0 Å². The first-order chi connectivity index (χ1) is 5.83.